The summed E-state index contributed by atoms with van der Waals surface area (Å²) in [5, 5.41) is 4.66. The summed E-state index contributed by atoms with van der Waals surface area (Å²) >= 11 is 0. The predicted molar refractivity (Wildman–Crippen MR) is 98.2 cm³/mol. The number of para-hydroxylation sites is 1. The number of methoxy groups -OCH3 is 1. The monoisotopic (exact) mass is 372 g/mol. The molecule has 1 heterocycles. The van der Waals surface area contributed by atoms with Crippen molar-refractivity contribution >= 4 is 21.0 Å². The van der Waals surface area contributed by atoms with Crippen LogP contribution in [0.3, 0.4) is 0 Å². The van der Waals surface area contributed by atoms with Gasteiger partial charge in [0.2, 0.25) is 10.0 Å². The quantitative estimate of drug-likeness (QED) is 0.687. The topological polar surface area (TPSA) is 81.4 Å². The van der Waals surface area contributed by atoms with Crippen LogP contribution in [0.25, 0.3) is 11.0 Å². The minimum atomic E-state index is -3.57. The Morgan fingerprint density at radius 3 is 2.62 bits per heavy atom. The van der Waals surface area contributed by atoms with E-state index in [1.807, 2.05) is 42.5 Å². The molecule has 136 valence electrons. The standard InChI is InChI=1S/C19H20N2O4S/c1-24-15-10-8-14(9-11-15)19(13-6-7-13)21-26(22,23)12-17-16-4-2-3-5-18(16)25-20-17/h2-5,8-11,13,19,21H,6-7,12H2,1H3. The van der Waals surface area contributed by atoms with Gasteiger partial charge in [-0.25, -0.2) is 13.1 Å². The molecule has 1 fully saturated rings. The Morgan fingerprint density at radius 2 is 1.92 bits per heavy atom. The molecule has 0 amide bonds. The largest absolute Gasteiger partial charge is 0.497 e. The molecule has 1 aromatic heterocycles. The summed E-state index contributed by atoms with van der Waals surface area (Å²) in [5.41, 5.74) is 1.96. The molecule has 7 heteroatoms. The number of aromatic nitrogens is 1. The van der Waals surface area contributed by atoms with Gasteiger partial charge in [0.25, 0.3) is 0 Å². The molecule has 1 aliphatic carbocycles. The Balaban J connectivity index is 1.56. The van der Waals surface area contributed by atoms with Crippen molar-refractivity contribution in [3.8, 4) is 5.75 Å². The molecule has 1 aliphatic rings. The SMILES string of the molecule is COc1ccc(C(NS(=O)(=O)Cc2noc3ccccc23)C2CC2)cc1. The number of fused-ring (bicyclic) bond motifs is 1. The van der Waals surface area contributed by atoms with Crippen molar-refractivity contribution in [2.24, 2.45) is 5.92 Å². The number of ether oxygens (including phenoxy) is 1. The van der Waals surface area contributed by atoms with E-state index < -0.39 is 10.0 Å². The third-order valence-electron chi connectivity index (χ3n) is 4.65. The lowest BCUT2D eigenvalue weighted by Gasteiger charge is -2.19. The van der Waals surface area contributed by atoms with E-state index in [0.717, 1.165) is 29.5 Å². The zero-order chi connectivity index (χ0) is 18.1. The van der Waals surface area contributed by atoms with Gasteiger partial charge in [-0.2, -0.15) is 0 Å². The molecule has 1 saturated carbocycles. The Bertz CT molecular complexity index is 1010. The second-order valence-electron chi connectivity index (χ2n) is 6.59. The Labute approximate surface area is 152 Å². The maximum atomic E-state index is 12.8. The first-order chi connectivity index (χ1) is 12.6. The molecule has 1 atom stereocenters. The fourth-order valence-corrected chi connectivity index (χ4v) is 4.50. The van der Waals surface area contributed by atoms with Crippen LogP contribution in [-0.4, -0.2) is 20.7 Å². The van der Waals surface area contributed by atoms with Gasteiger partial charge in [0.15, 0.2) is 5.58 Å². The molecule has 0 bridgehead atoms. The maximum Gasteiger partial charge on any atom is 0.218 e. The molecule has 0 aliphatic heterocycles. The molecule has 0 saturated heterocycles. The second-order valence-corrected chi connectivity index (χ2v) is 8.34. The first-order valence-electron chi connectivity index (χ1n) is 8.53. The van der Waals surface area contributed by atoms with E-state index in [0.29, 0.717) is 17.2 Å². The molecule has 26 heavy (non-hydrogen) atoms. The van der Waals surface area contributed by atoms with Crippen molar-refractivity contribution < 1.29 is 17.7 Å². The highest BCUT2D eigenvalue weighted by atomic mass is 32.2. The summed E-state index contributed by atoms with van der Waals surface area (Å²) in [6.45, 7) is 0. The van der Waals surface area contributed by atoms with Crippen molar-refractivity contribution in [2.45, 2.75) is 24.6 Å². The molecular formula is C19H20N2O4S. The summed E-state index contributed by atoms with van der Waals surface area (Å²) < 4.78 is 38.8. The fourth-order valence-electron chi connectivity index (χ4n) is 3.13. The maximum absolute atomic E-state index is 12.8. The lowest BCUT2D eigenvalue weighted by molar-refractivity contribution is 0.414. The highest BCUT2D eigenvalue weighted by molar-refractivity contribution is 7.88. The van der Waals surface area contributed by atoms with Gasteiger partial charge >= 0.3 is 0 Å². The summed E-state index contributed by atoms with van der Waals surface area (Å²) in [7, 11) is -1.96. The number of rotatable bonds is 7. The molecule has 1 unspecified atom stereocenters. The van der Waals surface area contributed by atoms with E-state index in [4.69, 9.17) is 9.26 Å². The summed E-state index contributed by atoms with van der Waals surface area (Å²) in [6.07, 6.45) is 2.04. The van der Waals surface area contributed by atoms with Crippen LogP contribution in [0.4, 0.5) is 0 Å². The van der Waals surface area contributed by atoms with Crippen LogP contribution in [-0.2, 0) is 15.8 Å². The van der Waals surface area contributed by atoms with Crippen molar-refractivity contribution in [3.63, 3.8) is 0 Å². The van der Waals surface area contributed by atoms with E-state index in [-0.39, 0.29) is 11.8 Å². The van der Waals surface area contributed by atoms with Crippen LogP contribution in [0.15, 0.2) is 53.1 Å². The summed E-state index contributed by atoms with van der Waals surface area (Å²) in [4.78, 5) is 0. The number of sulfonamides is 1. The smallest absolute Gasteiger partial charge is 0.218 e. The van der Waals surface area contributed by atoms with E-state index in [1.54, 1.807) is 13.2 Å². The third-order valence-corrected chi connectivity index (χ3v) is 5.92. The van der Waals surface area contributed by atoms with E-state index in [9.17, 15) is 8.42 Å². The molecule has 2 aromatic carbocycles. The van der Waals surface area contributed by atoms with E-state index in [2.05, 4.69) is 9.88 Å². The molecule has 3 aromatic rings. The van der Waals surface area contributed by atoms with Gasteiger partial charge in [-0.3, -0.25) is 0 Å². The van der Waals surface area contributed by atoms with Crippen molar-refractivity contribution in [1.82, 2.24) is 9.88 Å². The molecular weight excluding hydrogens is 352 g/mol. The van der Waals surface area contributed by atoms with Crippen LogP contribution >= 0.6 is 0 Å². The van der Waals surface area contributed by atoms with Gasteiger partial charge < -0.3 is 9.26 Å². The minimum Gasteiger partial charge on any atom is -0.497 e. The lowest BCUT2D eigenvalue weighted by Crippen LogP contribution is -2.31. The number of hydrogen-bond acceptors (Lipinski definition) is 5. The van der Waals surface area contributed by atoms with Crippen molar-refractivity contribution in [3.05, 3.63) is 59.8 Å². The van der Waals surface area contributed by atoms with Gasteiger partial charge in [-0.05, 0) is 48.6 Å². The number of benzene rings is 2. The number of nitrogens with zero attached hydrogens (tertiary/aromatic N) is 1. The lowest BCUT2D eigenvalue weighted by atomic mass is 10.0. The van der Waals surface area contributed by atoms with Crippen LogP contribution in [0.1, 0.15) is 30.1 Å². The van der Waals surface area contributed by atoms with E-state index in [1.165, 1.54) is 0 Å². The van der Waals surface area contributed by atoms with Crippen molar-refractivity contribution in [1.29, 1.82) is 0 Å². The summed E-state index contributed by atoms with van der Waals surface area (Å²) in [5.74, 6) is 0.871. The second kappa shape index (κ2) is 6.74. The molecule has 1 N–H and O–H groups in total. The first-order valence-corrected chi connectivity index (χ1v) is 10.2. The number of hydrogen-bond donors (Lipinski definition) is 1. The Hall–Kier alpha value is -2.38. The molecule has 0 spiro atoms. The van der Waals surface area contributed by atoms with E-state index >= 15 is 0 Å². The Morgan fingerprint density at radius 1 is 1.19 bits per heavy atom. The van der Waals surface area contributed by atoms with Gasteiger partial charge in [0.1, 0.15) is 17.2 Å². The normalized spacial score (nSPS) is 15.9. The first kappa shape index (κ1) is 17.1. The van der Waals surface area contributed by atoms with Crippen LogP contribution in [0.5, 0.6) is 5.75 Å². The predicted octanol–water partition coefficient (Wildman–Crippen LogP) is 3.41. The van der Waals surface area contributed by atoms with Crippen LogP contribution in [0.2, 0.25) is 0 Å². The van der Waals surface area contributed by atoms with Gasteiger partial charge in [-0.1, -0.05) is 29.4 Å². The zero-order valence-electron chi connectivity index (χ0n) is 14.4. The average Bonchev–Trinajstić information content (AvgIpc) is 3.42. The number of nitrogens with one attached hydrogen (secondary N) is 1. The minimum absolute atomic E-state index is 0.205. The molecule has 4 rings (SSSR count). The Kier molecular flexibility index (Phi) is 4.42. The fraction of sp³-hybridized carbons (Fsp3) is 0.316. The van der Waals surface area contributed by atoms with Gasteiger partial charge in [0, 0.05) is 11.4 Å². The average molecular weight is 372 g/mol. The van der Waals surface area contributed by atoms with Gasteiger partial charge in [0.05, 0.1) is 7.11 Å². The van der Waals surface area contributed by atoms with Gasteiger partial charge in [-0.15, -0.1) is 0 Å². The summed E-state index contributed by atoms with van der Waals surface area (Å²) in [6, 6.07) is 14.6. The third kappa shape index (κ3) is 3.59. The zero-order valence-corrected chi connectivity index (χ0v) is 15.2. The van der Waals surface area contributed by atoms with Crippen LogP contribution < -0.4 is 9.46 Å². The van der Waals surface area contributed by atoms with Crippen molar-refractivity contribution in [2.75, 3.05) is 7.11 Å². The molecule has 6 nitrogen and oxygen atoms in total. The highest BCUT2D eigenvalue weighted by Gasteiger charge is 2.35. The van der Waals surface area contributed by atoms with Crippen LogP contribution in [0, 0.1) is 5.92 Å². The molecule has 0 radical (unpaired) electrons. The highest BCUT2D eigenvalue weighted by Crippen LogP contribution is 2.41.